The predicted octanol–water partition coefficient (Wildman–Crippen LogP) is 2.98. The van der Waals surface area contributed by atoms with Crippen LogP contribution in [-0.4, -0.2) is 30.5 Å². The molecule has 0 spiro atoms. The summed E-state index contributed by atoms with van der Waals surface area (Å²) in [6, 6.07) is 9.39. The molecule has 5 rings (SSSR count). The molecule has 0 bridgehead atoms. The van der Waals surface area contributed by atoms with E-state index >= 15 is 0 Å². The van der Waals surface area contributed by atoms with Gasteiger partial charge >= 0.3 is 0 Å². The number of hydrogen-bond acceptors (Lipinski definition) is 8. The Morgan fingerprint density at radius 2 is 1.71 bits per heavy atom. The number of aromatic amines is 1. The third-order valence-electron chi connectivity index (χ3n) is 2.26. The summed E-state index contributed by atoms with van der Waals surface area (Å²) in [6.07, 6.45) is 12.2. The minimum atomic E-state index is 0.845. The number of H-pyrrole nitrogens is 1. The molecule has 1 N–H and O–H groups in total. The summed E-state index contributed by atoms with van der Waals surface area (Å²) in [4.78, 5) is 7.51. The fraction of sp³-hybridized carbons (Fsp3) is 0. The Balaban J connectivity index is 0.000000121. The van der Waals surface area contributed by atoms with Crippen molar-refractivity contribution < 1.29 is 13.4 Å². The number of rotatable bonds is 0. The molecule has 122 valence electrons. The second-order valence-electron chi connectivity index (χ2n) is 3.84. The van der Waals surface area contributed by atoms with Crippen molar-refractivity contribution in [3.63, 3.8) is 0 Å². The van der Waals surface area contributed by atoms with E-state index in [9.17, 15) is 0 Å². The van der Waals surface area contributed by atoms with E-state index in [1.165, 1.54) is 25.3 Å². The van der Waals surface area contributed by atoms with Crippen LogP contribution in [0, 0.1) is 0 Å². The molecular weight excluding hydrogens is 312 g/mol. The average molecular weight is 326 g/mol. The smallest absolute Gasteiger partial charge is 0.181 e. The van der Waals surface area contributed by atoms with Crippen molar-refractivity contribution in [1.29, 1.82) is 0 Å². The van der Waals surface area contributed by atoms with Gasteiger partial charge in [0.2, 0.25) is 0 Å². The number of hydrogen-bond donors (Lipinski definition) is 1. The van der Waals surface area contributed by atoms with E-state index in [1.54, 1.807) is 30.9 Å². The van der Waals surface area contributed by atoms with Gasteiger partial charge in [0.1, 0.15) is 18.0 Å². The van der Waals surface area contributed by atoms with Gasteiger partial charge in [-0.25, -0.2) is 9.97 Å². The number of para-hydroxylation sites is 2. The minimum Gasteiger partial charge on any atom is -0.452 e. The van der Waals surface area contributed by atoms with Crippen molar-refractivity contribution in [3.05, 3.63) is 80.4 Å². The van der Waals surface area contributed by atoms with Gasteiger partial charge in [-0.15, -0.1) is 0 Å². The van der Waals surface area contributed by atoms with E-state index in [2.05, 4.69) is 39.5 Å². The van der Waals surface area contributed by atoms with Gasteiger partial charge in [-0.1, -0.05) is 17.3 Å². The predicted molar refractivity (Wildman–Crippen MR) is 83.4 cm³/mol. The topological polar surface area (TPSA) is 120 Å². The maximum Gasteiger partial charge on any atom is 0.181 e. The highest BCUT2D eigenvalue weighted by molar-refractivity contribution is 5.71. The monoisotopic (exact) mass is 326 g/mol. The van der Waals surface area contributed by atoms with Crippen molar-refractivity contribution in [2.45, 2.75) is 0 Å². The molecule has 0 unspecified atom stereocenters. The number of benzene rings is 1. The van der Waals surface area contributed by atoms with Crippen molar-refractivity contribution in [2.75, 3.05) is 0 Å². The first-order valence-electron chi connectivity index (χ1n) is 6.71. The Morgan fingerprint density at radius 1 is 0.833 bits per heavy atom. The Kier molecular flexibility index (Phi) is 7.55. The summed E-state index contributed by atoms with van der Waals surface area (Å²) in [5, 5.41) is 12.7. The lowest BCUT2D eigenvalue weighted by Crippen LogP contribution is -1.61. The number of fused-ring (bicyclic) bond motifs is 1. The van der Waals surface area contributed by atoms with Gasteiger partial charge in [-0.05, 0) is 18.2 Å². The number of aromatic nitrogens is 6. The summed E-state index contributed by atoms with van der Waals surface area (Å²) in [6.45, 7) is 0. The van der Waals surface area contributed by atoms with Crippen LogP contribution in [0.3, 0.4) is 0 Å². The second-order valence-corrected chi connectivity index (χ2v) is 3.84. The molecule has 0 atom stereocenters. The van der Waals surface area contributed by atoms with E-state index < -0.39 is 0 Å². The Labute approximate surface area is 136 Å². The van der Waals surface area contributed by atoms with E-state index in [0.717, 1.165) is 11.1 Å². The van der Waals surface area contributed by atoms with E-state index in [0.29, 0.717) is 0 Å². The molecule has 24 heavy (non-hydrogen) atoms. The van der Waals surface area contributed by atoms with Gasteiger partial charge in [-0.2, -0.15) is 15.4 Å². The first kappa shape index (κ1) is 16.6. The maximum atomic E-state index is 5.01. The van der Waals surface area contributed by atoms with Gasteiger partial charge in [0.25, 0.3) is 0 Å². The first-order valence-corrected chi connectivity index (χ1v) is 6.71. The summed E-state index contributed by atoms with van der Waals surface area (Å²) in [7, 11) is 0. The summed E-state index contributed by atoms with van der Waals surface area (Å²) in [5.41, 5.74) is 1.76. The summed E-state index contributed by atoms with van der Waals surface area (Å²) >= 11 is 0. The minimum absolute atomic E-state index is 0.845. The van der Waals surface area contributed by atoms with Gasteiger partial charge < -0.3 is 13.4 Å². The molecule has 0 fully saturated rings. The van der Waals surface area contributed by atoms with Crippen LogP contribution in [0.1, 0.15) is 0 Å². The third-order valence-corrected chi connectivity index (χ3v) is 2.26. The molecule has 0 saturated heterocycles. The lowest BCUT2D eigenvalue weighted by Gasteiger charge is -1.79. The second kappa shape index (κ2) is 10.9. The number of oxazole rings is 2. The van der Waals surface area contributed by atoms with Crippen molar-refractivity contribution in [3.8, 4) is 0 Å². The normalized spacial score (nSPS) is 8.83. The molecule has 9 heteroatoms. The highest BCUT2D eigenvalue weighted by atomic mass is 16.5. The summed E-state index contributed by atoms with van der Waals surface area (Å²) < 4.78 is 13.8. The number of nitrogens with zero attached hydrogens (tertiary/aromatic N) is 5. The Hall–Kier alpha value is -3.75. The van der Waals surface area contributed by atoms with E-state index in [1.807, 2.05) is 24.3 Å². The molecule has 0 aliphatic heterocycles. The molecule has 0 aliphatic rings. The molecule has 5 aromatic rings. The van der Waals surface area contributed by atoms with Crippen LogP contribution in [0.15, 0.2) is 93.8 Å². The highest BCUT2D eigenvalue weighted by Gasteiger charge is 1.91. The average Bonchev–Trinajstić information content (AvgIpc) is 3.48. The Morgan fingerprint density at radius 3 is 2.17 bits per heavy atom. The molecule has 0 saturated carbocycles. The van der Waals surface area contributed by atoms with Crippen LogP contribution in [-0.2, 0) is 0 Å². The molecule has 1 aromatic carbocycles. The largest absolute Gasteiger partial charge is 0.452 e. The van der Waals surface area contributed by atoms with Crippen LogP contribution in [0.5, 0.6) is 0 Å². The van der Waals surface area contributed by atoms with Crippen LogP contribution >= 0.6 is 0 Å². The van der Waals surface area contributed by atoms with Crippen molar-refractivity contribution in [2.24, 2.45) is 0 Å². The maximum absolute atomic E-state index is 5.01. The molecular formula is C15H14N6O3. The van der Waals surface area contributed by atoms with Gasteiger partial charge in [0.05, 0.1) is 24.8 Å². The summed E-state index contributed by atoms with van der Waals surface area (Å²) in [5.74, 6) is 0. The third kappa shape index (κ3) is 6.80. The Bertz CT molecular complexity index is 681. The SMILES string of the molecule is c1ccc2ocnc2c1.c1cn[nH]n1.c1cnoc1.c1cocn1. The van der Waals surface area contributed by atoms with Crippen LogP contribution in [0.4, 0.5) is 0 Å². The lowest BCUT2D eigenvalue weighted by atomic mass is 10.3. The lowest BCUT2D eigenvalue weighted by molar-refractivity contribution is 0.420. The molecule has 9 nitrogen and oxygen atoms in total. The zero-order valence-electron chi connectivity index (χ0n) is 12.5. The van der Waals surface area contributed by atoms with Crippen molar-refractivity contribution >= 4 is 11.1 Å². The number of nitrogens with one attached hydrogen (secondary N) is 1. The van der Waals surface area contributed by atoms with Crippen LogP contribution in [0.2, 0.25) is 0 Å². The fourth-order valence-corrected chi connectivity index (χ4v) is 1.32. The van der Waals surface area contributed by atoms with Crippen LogP contribution in [0.25, 0.3) is 11.1 Å². The van der Waals surface area contributed by atoms with Gasteiger partial charge in [0, 0.05) is 0 Å². The van der Waals surface area contributed by atoms with E-state index in [-0.39, 0.29) is 0 Å². The van der Waals surface area contributed by atoms with Gasteiger partial charge in [-0.3, -0.25) is 0 Å². The van der Waals surface area contributed by atoms with Gasteiger partial charge in [0.15, 0.2) is 18.4 Å². The van der Waals surface area contributed by atoms with E-state index in [4.69, 9.17) is 4.42 Å². The fourth-order valence-electron chi connectivity index (χ4n) is 1.32. The molecule has 4 heterocycles. The standard InChI is InChI=1S/C7H5NO.2C3H3NO.C2H3N3/c1-2-4-7-6(3-1)8-5-9-7;1-2-5-3-4-1;2*1-2-4-5-3-1/h1-5H;2*1-3H;1-2H,(H,3,4,5). The zero-order chi connectivity index (χ0) is 16.7. The molecule has 0 amide bonds. The van der Waals surface area contributed by atoms with Crippen molar-refractivity contribution in [1.82, 2.24) is 30.5 Å². The quantitative estimate of drug-likeness (QED) is 0.461. The zero-order valence-corrected chi connectivity index (χ0v) is 12.5. The first-order chi connectivity index (χ1) is 12.0. The molecule has 4 aromatic heterocycles. The highest BCUT2D eigenvalue weighted by Crippen LogP contribution is 2.09. The molecule has 0 radical (unpaired) electrons. The molecule has 0 aliphatic carbocycles. The van der Waals surface area contributed by atoms with Crippen LogP contribution < -0.4 is 0 Å².